The van der Waals surface area contributed by atoms with E-state index in [1.807, 2.05) is 6.07 Å². The summed E-state index contributed by atoms with van der Waals surface area (Å²) in [6.45, 7) is 8.98. The highest BCUT2D eigenvalue weighted by Gasteiger charge is 2.37. The van der Waals surface area contributed by atoms with Gasteiger partial charge in [0.1, 0.15) is 17.6 Å². The number of aromatic nitrogens is 1. The normalized spacial score (nSPS) is 18.2. The maximum atomic E-state index is 12.9. The van der Waals surface area contributed by atoms with Crippen LogP contribution >= 0.6 is 0 Å². The number of anilines is 1. The van der Waals surface area contributed by atoms with Crippen molar-refractivity contribution in [3.8, 4) is 0 Å². The topological polar surface area (TPSA) is 99.4 Å². The fourth-order valence-corrected chi connectivity index (χ4v) is 3.97. The molecule has 1 atom stereocenters. The third-order valence-electron chi connectivity index (χ3n) is 6.09. The first kappa shape index (κ1) is 20.1. The molecular formula is C22H29N3O3. The Morgan fingerprint density at radius 3 is 2.25 bits per heavy atom. The van der Waals surface area contributed by atoms with E-state index in [-0.39, 0.29) is 22.4 Å². The van der Waals surface area contributed by atoms with E-state index in [2.05, 4.69) is 44.8 Å². The first-order valence-corrected chi connectivity index (χ1v) is 9.54. The lowest BCUT2D eigenvalue weighted by molar-refractivity contribution is -0.119. The van der Waals surface area contributed by atoms with Crippen molar-refractivity contribution in [3.05, 3.63) is 52.7 Å². The number of likely N-dealkylation sites (N-methyl/N-ethyl adjacent to an activating group) is 1. The molecule has 1 amide bonds. The molecule has 6 nitrogen and oxygen atoms in total. The van der Waals surface area contributed by atoms with Gasteiger partial charge in [-0.3, -0.25) is 9.69 Å². The van der Waals surface area contributed by atoms with Crippen molar-refractivity contribution in [1.29, 1.82) is 0 Å². The summed E-state index contributed by atoms with van der Waals surface area (Å²) in [6.07, 6.45) is 2.21. The van der Waals surface area contributed by atoms with Crippen LogP contribution in [0.2, 0.25) is 0 Å². The van der Waals surface area contributed by atoms with E-state index in [0.717, 1.165) is 18.4 Å². The minimum atomic E-state index is -1.07. The average molecular weight is 383 g/mol. The minimum absolute atomic E-state index is 0.0287. The van der Waals surface area contributed by atoms with Gasteiger partial charge in [-0.1, -0.05) is 45.9 Å². The van der Waals surface area contributed by atoms with E-state index < -0.39 is 12.0 Å². The van der Waals surface area contributed by atoms with Crippen LogP contribution in [0.5, 0.6) is 0 Å². The van der Waals surface area contributed by atoms with E-state index in [9.17, 15) is 9.59 Å². The maximum Gasteiger partial charge on any atom is 0.352 e. The van der Waals surface area contributed by atoms with Gasteiger partial charge in [0.2, 0.25) is 5.91 Å². The van der Waals surface area contributed by atoms with Gasteiger partial charge in [0.25, 0.3) is 0 Å². The van der Waals surface area contributed by atoms with Crippen molar-refractivity contribution in [2.45, 2.75) is 57.4 Å². The van der Waals surface area contributed by atoms with Crippen LogP contribution in [0.1, 0.15) is 73.8 Å². The number of nitrogens with zero attached hydrogens (tertiary/aromatic N) is 1. The smallest absolute Gasteiger partial charge is 0.352 e. The fraction of sp³-hybridized carbons (Fsp3) is 0.455. The number of carbonyl (C=O) groups is 2. The van der Waals surface area contributed by atoms with Crippen molar-refractivity contribution in [1.82, 2.24) is 4.98 Å². The number of carboxylic acid groups (broad SMARTS) is 1. The van der Waals surface area contributed by atoms with Crippen LogP contribution in [0.15, 0.2) is 30.3 Å². The predicted molar refractivity (Wildman–Crippen MR) is 110 cm³/mol. The van der Waals surface area contributed by atoms with E-state index in [1.54, 1.807) is 13.1 Å². The second kappa shape index (κ2) is 6.78. The molecular weight excluding hydrogens is 354 g/mol. The number of benzene rings is 1. The molecule has 1 aromatic heterocycles. The Morgan fingerprint density at radius 2 is 1.68 bits per heavy atom. The number of hydrogen-bond donors (Lipinski definition) is 3. The molecule has 6 heteroatoms. The molecule has 2 aromatic rings. The zero-order valence-electron chi connectivity index (χ0n) is 17.2. The molecule has 4 N–H and O–H groups in total. The third kappa shape index (κ3) is 3.44. The molecule has 1 aromatic carbocycles. The van der Waals surface area contributed by atoms with E-state index in [1.165, 1.54) is 22.1 Å². The third-order valence-corrected chi connectivity index (χ3v) is 6.09. The Hall–Kier alpha value is -2.60. The summed E-state index contributed by atoms with van der Waals surface area (Å²) in [6, 6.07) is 8.28. The Bertz CT molecular complexity index is 927. The van der Waals surface area contributed by atoms with Crippen LogP contribution in [0.25, 0.3) is 0 Å². The molecule has 0 saturated carbocycles. The molecule has 28 heavy (non-hydrogen) atoms. The number of fused-ring (bicyclic) bond motifs is 1. The zero-order chi connectivity index (χ0) is 20.9. The lowest BCUT2D eigenvalue weighted by Crippen LogP contribution is -2.37. The van der Waals surface area contributed by atoms with E-state index in [0.29, 0.717) is 5.82 Å². The van der Waals surface area contributed by atoms with Gasteiger partial charge in [-0.15, -0.1) is 0 Å². The van der Waals surface area contributed by atoms with E-state index in [4.69, 9.17) is 10.8 Å². The first-order chi connectivity index (χ1) is 12.9. The molecule has 0 fully saturated rings. The number of carbonyl (C=O) groups excluding carboxylic acids is 1. The second-order valence-corrected chi connectivity index (χ2v) is 9.01. The summed E-state index contributed by atoms with van der Waals surface area (Å²) in [4.78, 5) is 28.1. The molecule has 1 aliphatic carbocycles. The molecule has 3 rings (SSSR count). The highest BCUT2D eigenvalue weighted by Crippen LogP contribution is 2.46. The summed E-state index contributed by atoms with van der Waals surface area (Å²) in [5.41, 5.74) is 9.81. The minimum Gasteiger partial charge on any atom is -0.477 e. The Balaban J connectivity index is 1.91. The molecule has 0 aliphatic heterocycles. The SMILES string of the molecule is CN(C(=O)C(N)c1ccc2c(c1)C(C)(C)CCC2(C)C)c1ccc(C(=O)O)[nH]1. The van der Waals surface area contributed by atoms with E-state index >= 15 is 0 Å². The van der Waals surface area contributed by atoms with Crippen molar-refractivity contribution < 1.29 is 14.7 Å². The summed E-state index contributed by atoms with van der Waals surface area (Å²) in [7, 11) is 1.59. The van der Waals surface area contributed by atoms with Crippen LogP contribution < -0.4 is 10.6 Å². The fourth-order valence-electron chi connectivity index (χ4n) is 3.97. The molecule has 1 unspecified atom stereocenters. The average Bonchev–Trinajstić information content (AvgIpc) is 3.14. The number of nitrogens with two attached hydrogens (primary N) is 1. The van der Waals surface area contributed by atoms with Gasteiger partial charge >= 0.3 is 5.97 Å². The summed E-state index contributed by atoms with van der Waals surface area (Å²) < 4.78 is 0. The summed E-state index contributed by atoms with van der Waals surface area (Å²) >= 11 is 0. The monoisotopic (exact) mass is 383 g/mol. The number of carboxylic acids is 1. The number of nitrogens with one attached hydrogen (secondary N) is 1. The molecule has 0 bridgehead atoms. The maximum absolute atomic E-state index is 12.9. The summed E-state index contributed by atoms with van der Waals surface area (Å²) in [5.74, 6) is -0.972. The quantitative estimate of drug-likeness (QED) is 0.749. The molecule has 0 spiro atoms. The van der Waals surface area contributed by atoms with Crippen LogP contribution in [0.3, 0.4) is 0 Å². The summed E-state index contributed by atoms with van der Waals surface area (Å²) in [5, 5.41) is 9.05. The van der Waals surface area contributed by atoms with Gasteiger partial charge < -0.3 is 15.8 Å². The second-order valence-electron chi connectivity index (χ2n) is 9.01. The molecule has 0 saturated heterocycles. The predicted octanol–water partition coefficient (Wildman–Crippen LogP) is 3.72. The van der Waals surface area contributed by atoms with Crippen LogP contribution in [0.4, 0.5) is 5.82 Å². The Morgan fingerprint density at radius 1 is 1.07 bits per heavy atom. The lowest BCUT2D eigenvalue weighted by atomic mass is 9.63. The van der Waals surface area contributed by atoms with Crippen molar-refractivity contribution in [2.24, 2.45) is 5.73 Å². The number of H-pyrrole nitrogens is 1. The van der Waals surface area contributed by atoms with Gasteiger partial charge in [-0.05, 0) is 52.5 Å². The van der Waals surface area contributed by atoms with Gasteiger partial charge in [-0.25, -0.2) is 4.79 Å². The number of amides is 1. The lowest BCUT2D eigenvalue weighted by Gasteiger charge is -2.42. The van der Waals surface area contributed by atoms with Gasteiger partial charge in [-0.2, -0.15) is 0 Å². The van der Waals surface area contributed by atoms with Crippen molar-refractivity contribution in [2.75, 3.05) is 11.9 Å². The molecule has 1 aliphatic rings. The van der Waals surface area contributed by atoms with Crippen molar-refractivity contribution >= 4 is 17.7 Å². The number of hydrogen-bond acceptors (Lipinski definition) is 3. The zero-order valence-corrected chi connectivity index (χ0v) is 17.2. The number of aromatic carboxylic acids is 1. The van der Waals surface area contributed by atoms with Gasteiger partial charge in [0.15, 0.2) is 0 Å². The Kier molecular flexibility index (Phi) is 4.88. The molecule has 1 heterocycles. The standard InChI is InChI=1S/C22H29N3O3/c1-21(2)10-11-22(3,4)15-12-13(6-7-14(15)21)18(23)19(26)25(5)17-9-8-16(24-17)20(27)28/h6-9,12,18,24H,10-11,23H2,1-5H3,(H,27,28). The highest BCUT2D eigenvalue weighted by molar-refractivity contribution is 5.97. The Labute approximate surface area is 165 Å². The molecule has 0 radical (unpaired) electrons. The first-order valence-electron chi connectivity index (χ1n) is 9.54. The van der Waals surface area contributed by atoms with Crippen LogP contribution in [-0.4, -0.2) is 29.0 Å². The van der Waals surface area contributed by atoms with Crippen LogP contribution in [-0.2, 0) is 15.6 Å². The number of rotatable bonds is 4. The van der Waals surface area contributed by atoms with Crippen molar-refractivity contribution in [3.63, 3.8) is 0 Å². The number of aromatic amines is 1. The molecule has 150 valence electrons. The largest absolute Gasteiger partial charge is 0.477 e. The van der Waals surface area contributed by atoms with Gasteiger partial charge in [0.05, 0.1) is 0 Å². The van der Waals surface area contributed by atoms with Gasteiger partial charge in [0, 0.05) is 7.05 Å². The highest BCUT2D eigenvalue weighted by atomic mass is 16.4. The van der Waals surface area contributed by atoms with Crippen LogP contribution in [0, 0.1) is 0 Å².